The van der Waals surface area contributed by atoms with Gasteiger partial charge in [0, 0.05) is 0 Å². The van der Waals surface area contributed by atoms with Crippen LogP contribution in [0, 0.1) is 0 Å². The maximum absolute atomic E-state index is 2.24. The average Bonchev–Trinajstić information content (AvgIpc) is 2.26. The summed E-state index contributed by atoms with van der Waals surface area (Å²) in [4.78, 5) is 0. The van der Waals surface area contributed by atoms with Gasteiger partial charge in [0.2, 0.25) is 0 Å². The molecule has 0 unspecified atom stereocenters. The van der Waals surface area contributed by atoms with Gasteiger partial charge in [-0.3, -0.25) is 0 Å². The molecule has 0 aliphatic carbocycles. The largest absolute Gasteiger partial charge is 1.00 e. The van der Waals surface area contributed by atoms with Crippen LogP contribution in [0.3, 0.4) is 0 Å². The molecule has 0 saturated carbocycles. The Hall–Kier alpha value is -0.184. The molecule has 0 nitrogen and oxygen atoms in total. The summed E-state index contributed by atoms with van der Waals surface area (Å²) < 4.78 is 0. The SMILES string of the molecule is [K+].c1ccc2cc3ccccc3cc2c1. The van der Waals surface area contributed by atoms with Gasteiger partial charge in [0.25, 0.3) is 0 Å². The zero-order valence-electron chi connectivity index (χ0n) is 8.77. The number of hydrogen-bond acceptors (Lipinski definition) is 0. The molecule has 0 aromatic heterocycles. The van der Waals surface area contributed by atoms with Gasteiger partial charge < -0.3 is 0 Å². The van der Waals surface area contributed by atoms with Gasteiger partial charge in [-0.15, -0.1) is 0 Å². The van der Waals surface area contributed by atoms with E-state index >= 15 is 0 Å². The zero-order chi connectivity index (χ0) is 9.38. The summed E-state index contributed by atoms with van der Waals surface area (Å²) in [6.45, 7) is 0. The molecule has 0 N–H and O–H groups in total. The molecule has 15 heavy (non-hydrogen) atoms. The summed E-state index contributed by atoms with van der Waals surface area (Å²) in [7, 11) is 0. The fourth-order valence-electron chi connectivity index (χ4n) is 1.88. The molecule has 0 radical (unpaired) electrons. The summed E-state index contributed by atoms with van der Waals surface area (Å²) in [6.07, 6.45) is 0. The Kier molecular flexibility index (Phi) is 3.59. The summed E-state index contributed by atoms with van der Waals surface area (Å²) in [5, 5.41) is 5.25. The molecule has 0 spiro atoms. The molecule has 1 heteroatoms. The predicted molar refractivity (Wildman–Crippen MR) is 61.5 cm³/mol. The van der Waals surface area contributed by atoms with Crippen LogP contribution in [0.25, 0.3) is 21.5 Å². The minimum Gasteiger partial charge on any atom is -0.0616 e. The fourth-order valence-corrected chi connectivity index (χ4v) is 1.88. The number of benzene rings is 3. The topological polar surface area (TPSA) is 0 Å². The van der Waals surface area contributed by atoms with Crippen molar-refractivity contribution < 1.29 is 51.4 Å². The summed E-state index contributed by atoms with van der Waals surface area (Å²) in [6, 6.07) is 21.4. The first-order valence-corrected chi connectivity index (χ1v) is 4.81. The molecule has 3 aromatic carbocycles. The summed E-state index contributed by atoms with van der Waals surface area (Å²) >= 11 is 0. The molecule has 0 atom stereocenters. The van der Waals surface area contributed by atoms with E-state index in [0.717, 1.165) is 0 Å². The third-order valence-electron chi connectivity index (χ3n) is 2.61. The van der Waals surface area contributed by atoms with E-state index in [9.17, 15) is 0 Å². The van der Waals surface area contributed by atoms with Crippen LogP contribution in [-0.2, 0) is 0 Å². The Morgan fingerprint density at radius 3 is 1.00 bits per heavy atom. The van der Waals surface area contributed by atoms with Crippen LogP contribution >= 0.6 is 0 Å². The number of fused-ring (bicyclic) bond motifs is 2. The van der Waals surface area contributed by atoms with Crippen molar-refractivity contribution in [3.05, 3.63) is 60.7 Å². The first-order chi connectivity index (χ1) is 6.93. The van der Waals surface area contributed by atoms with Crippen molar-refractivity contribution >= 4 is 21.5 Å². The van der Waals surface area contributed by atoms with Gasteiger partial charge in [-0.2, -0.15) is 0 Å². The quantitative estimate of drug-likeness (QED) is 0.389. The molecule has 0 heterocycles. The standard InChI is InChI=1S/C14H10.K/c1-2-6-12-10-14-8-4-3-7-13(14)9-11(12)5-1;/h1-10H;/q;+1. The van der Waals surface area contributed by atoms with Crippen molar-refractivity contribution in [1.82, 2.24) is 0 Å². The normalized spacial score (nSPS) is 10.1. The summed E-state index contributed by atoms with van der Waals surface area (Å²) in [5.41, 5.74) is 0. The number of rotatable bonds is 0. The third-order valence-corrected chi connectivity index (χ3v) is 2.61. The van der Waals surface area contributed by atoms with E-state index in [0.29, 0.717) is 0 Å². The molecule has 0 saturated heterocycles. The van der Waals surface area contributed by atoms with Crippen molar-refractivity contribution in [2.24, 2.45) is 0 Å². The minimum absolute atomic E-state index is 0. The molecular formula is C14H10K+. The predicted octanol–water partition coefficient (Wildman–Crippen LogP) is 0.997. The molecule has 0 aliphatic rings. The Labute approximate surface area is 132 Å². The fraction of sp³-hybridized carbons (Fsp3) is 0. The first kappa shape index (κ1) is 11.3. The molecule has 66 valence electrons. The molecule has 0 amide bonds. The van der Waals surface area contributed by atoms with Gasteiger partial charge in [-0.25, -0.2) is 0 Å². The van der Waals surface area contributed by atoms with Gasteiger partial charge in [0.15, 0.2) is 0 Å². The number of hydrogen-bond donors (Lipinski definition) is 0. The van der Waals surface area contributed by atoms with E-state index in [1.54, 1.807) is 0 Å². The first-order valence-electron chi connectivity index (χ1n) is 4.81. The Morgan fingerprint density at radius 1 is 0.467 bits per heavy atom. The van der Waals surface area contributed by atoms with Gasteiger partial charge in [-0.05, 0) is 33.7 Å². The van der Waals surface area contributed by atoms with Gasteiger partial charge >= 0.3 is 51.4 Å². The van der Waals surface area contributed by atoms with Crippen LogP contribution in [0.2, 0.25) is 0 Å². The maximum Gasteiger partial charge on any atom is 1.00 e. The van der Waals surface area contributed by atoms with E-state index in [-0.39, 0.29) is 51.4 Å². The monoisotopic (exact) mass is 217 g/mol. The Morgan fingerprint density at radius 2 is 0.733 bits per heavy atom. The molecule has 0 bridgehead atoms. The van der Waals surface area contributed by atoms with E-state index in [1.165, 1.54) is 21.5 Å². The van der Waals surface area contributed by atoms with Gasteiger partial charge in [-0.1, -0.05) is 48.5 Å². The van der Waals surface area contributed by atoms with Crippen LogP contribution in [0.15, 0.2) is 60.7 Å². The maximum atomic E-state index is 2.24. The van der Waals surface area contributed by atoms with Crippen LogP contribution in [0.5, 0.6) is 0 Å². The van der Waals surface area contributed by atoms with Crippen molar-refractivity contribution in [2.75, 3.05) is 0 Å². The van der Waals surface area contributed by atoms with Crippen molar-refractivity contribution in [1.29, 1.82) is 0 Å². The average molecular weight is 217 g/mol. The second-order valence-electron chi connectivity index (χ2n) is 3.55. The van der Waals surface area contributed by atoms with Crippen LogP contribution < -0.4 is 51.4 Å². The second-order valence-corrected chi connectivity index (χ2v) is 3.55. The van der Waals surface area contributed by atoms with Crippen molar-refractivity contribution in [3.63, 3.8) is 0 Å². The molecule has 0 fully saturated rings. The molecule has 3 rings (SSSR count). The summed E-state index contributed by atoms with van der Waals surface area (Å²) in [5.74, 6) is 0. The molecule has 0 aliphatic heterocycles. The van der Waals surface area contributed by atoms with Crippen LogP contribution in [0.4, 0.5) is 0 Å². The third kappa shape index (κ3) is 2.17. The Bertz CT molecular complexity index is 494. The smallest absolute Gasteiger partial charge is 0.0616 e. The van der Waals surface area contributed by atoms with E-state index in [1.807, 2.05) is 0 Å². The van der Waals surface area contributed by atoms with Gasteiger partial charge in [0.1, 0.15) is 0 Å². The Balaban J connectivity index is 0.000000853. The van der Waals surface area contributed by atoms with Crippen LogP contribution in [-0.4, -0.2) is 0 Å². The molecular weight excluding hydrogens is 207 g/mol. The van der Waals surface area contributed by atoms with E-state index in [2.05, 4.69) is 60.7 Å². The van der Waals surface area contributed by atoms with Crippen molar-refractivity contribution in [3.8, 4) is 0 Å². The zero-order valence-corrected chi connectivity index (χ0v) is 11.9. The van der Waals surface area contributed by atoms with E-state index in [4.69, 9.17) is 0 Å². The van der Waals surface area contributed by atoms with E-state index < -0.39 is 0 Å². The van der Waals surface area contributed by atoms with Gasteiger partial charge in [0.05, 0.1) is 0 Å². The minimum atomic E-state index is 0. The van der Waals surface area contributed by atoms with Crippen LogP contribution in [0.1, 0.15) is 0 Å². The molecule has 3 aromatic rings. The second kappa shape index (κ2) is 4.77. The van der Waals surface area contributed by atoms with Crippen molar-refractivity contribution in [2.45, 2.75) is 0 Å².